The summed E-state index contributed by atoms with van der Waals surface area (Å²) >= 11 is 0. The first-order valence-corrected chi connectivity index (χ1v) is 6.76. The summed E-state index contributed by atoms with van der Waals surface area (Å²) in [7, 11) is 0. The van der Waals surface area contributed by atoms with Crippen molar-refractivity contribution in [1.29, 1.82) is 0 Å². The Morgan fingerprint density at radius 2 is 1.95 bits per heavy atom. The van der Waals surface area contributed by atoms with Crippen molar-refractivity contribution in [2.45, 2.75) is 50.9 Å². The number of hydrogen-bond donors (Lipinski definition) is 2. The van der Waals surface area contributed by atoms with E-state index in [4.69, 9.17) is 0 Å². The summed E-state index contributed by atoms with van der Waals surface area (Å²) in [4.78, 5) is 11.6. The number of rotatable bonds is 3. The summed E-state index contributed by atoms with van der Waals surface area (Å²) in [6.07, 6.45) is 4.06. The Morgan fingerprint density at radius 3 is 2.42 bits per heavy atom. The van der Waals surface area contributed by atoms with E-state index < -0.39 is 17.2 Å². The lowest BCUT2D eigenvalue weighted by molar-refractivity contribution is -0.145. The fourth-order valence-electron chi connectivity index (χ4n) is 3.03. The van der Waals surface area contributed by atoms with Crippen LogP contribution in [0.15, 0.2) is 12.1 Å². The van der Waals surface area contributed by atoms with Crippen LogP contribution >= 0.6 is 0 Å². The van der Waals surface area contributed by atoms with Crippen molar-refractivity contribution in [3.8, 4) is 5.75 Å². The lowest BCUT2D eigenvalue weighted by Crippen LogP contribution is -2.38. The van der Waals surface area contributed by atoms with Gasteiger partial charge in [-0.15, -0.1) is 0 Å². The highest BCUT2D eigenvalue weighted by Gasteiger charge is 2.42. The largest absolute Gasteiger partial charge is 0.508 e. The zero-order valence-electron chi connectivity index (χ0n) is 11.1. The van der Waals surface area contributed by atoms with Gasteiger partial charge in [-0.05, 0) is 37.0 Å². The van der Waals surface area contributed by atoms with Gasteiger partial charge in [0.2, 0.25) is 0 Å². The summed E-state index contributed by atoms with van der Waals surface area (Å²) < 4.78 is 13.9. The molecule has 1 saturated carbocycles. The average molecular weight is 266 g/mol. The van der Waals surface area contributed by atoms with E-state index >= 15 is 0 Å². The van der Waals surface area contributed by atoms with E-state index in [2.05, 4.69) is 0 Å². The van der Waals surface area contributed by atoms with Gasteiger partial charge in [0, 0.05) is 5.56 Å². The van der Waals surface area contributed by atoms with Crippen LogP contribution < -0.4 is 0 Å². The number of aromatic hydroxyl groups is 1. The highest BCUT2D eigenvalue weighted by Crippen LogP contribution is 2.41. The van der Waals surface area contributed by atoms with Crippen LogP contribution in [-0.4, -0.2) is 16.2 Å². The van der Waals surface area contributed by atoms with Gasteiger partial charge in [0.1, 0.15) is 11.6 Å². The number of phenolic OH excluding ortho intramolecular Hbond substituents is 1. The molecule has 2 N–H and O–H groups in total. The van der Waals surface area contributed by atoms with Crippen molar-refractivity contribution in [3.05, 3.63) is 29.1 Å². The van der Waals surface area contributed by atoms with Crippen molar-refractivity contribution >= 4 is 5.97 Å². The number of carbonyl (C=O) groups is 1. The molecule has 0 spiro atoms. The molecule has 0 aromatic heterocycles. The van der Waals surface area contributed by atoms with Crippen LogP contribution in [0, 0.1) is 5.82 Å². The topological polar surface area (TPSA) is 57.5 Å². The molecular formula is C15H19FO3. The van der Waals surface area contributed by atoms with Crippen LogP contribution in [0.1, 0.15) is 50.2 Å². The molecule has 2 rings (SSSR count). The van der Waals surface area contributed by atoms with Crippen LogP contribution in [0.5, 0.6) is 5.75 Å². The van der Waals surface area contributed by atoms with Crippen molar-refractivity contribution < 1.29 is 19.4 Å². The van der Waals surface area contributed by atoms with E-state index in [9.17, 15) is 19.4 Å². The molecule has 1 aromatic carbocycles. The molecule has 0 amide bonds. The highest BCUT2D eigenvalue weighted by molar-refractivity contribution is 5.81. The normalized spacial score (nSPS) is 18.2. The molecule has 1 aromatic rings. The van der Waals surface area contributed by atoms with E-state index in [0.29, 0.717) is 24.8 Å². The van der Waals surface area contributed by atoms with E-state index in [1.165, 1.54) is 12.1 Å². The monoisotopic (exact) mass is 266 g/mol. The van der Waals surface area contributed by atoms with E-state index in [1.54, 1.807) is 6.92 Å². The molecule has 0 bridgehead atoms. The highest BCUT2D eigenvalue weighted by atomic mass is 19.1. The first-order valence-electron chi connectivity index (χ1n) is 6.76. The smallest absolute Gasteiger partial charge is 0.314 e. The van der Waals surface area contributed by atoms with E-state index in [0.717, 1.165) is 19.3 Å². The van der Waals surface area contributed by atoms with Crippen molar-refractivity contribution in [3.63, 3.8) is 0 Å². The fraction of sp³-hybridized carbons (Fsp3) is 0.533. The number of aliphatic carboxylic acids is 1. The first kappa shape index (κ1) is 13.8. The number of halogens is 1. The van der Waals surface area contributed by atoms with Crippen LogP contribution in [0.4, 0.5) is 4.39 Å². The molecule has 3 nitrogen and oxygen atoms in total. The van der Waals surface area contributed by atoms with Gasteiger partial charge in [-0.2, -0.15) is 0 Å². The maximum Gasteiger partial charge on any atom is 0.314 e. The van der Waals surface area contributed by atoms with Gasteiger partial charge >= 0.3 is 5.97 Å². The third-order valence-electron chi connectivity index (χ3n) is 4.19. The maximum atomic E-state index is 13.9. The van der Waals surface area contributed by atoms with E-state index in [-0.39, 0.29) is 11.3 Å². The van der Waals surface area contributed by atoms with E-state index in [1.807, 2.05) is 0 Å². The summed E-state index contributed by atoms with van der Waals surface area (Å²) in [5, 5.41) is 19.4. The van der Waals surface area contributed by atoms with Crippen LogP contribution in [0.25, 0.3) is 0 Å². The summed E-state index contributed by atoms with van der Waals surface area (Å²) in [6, 6.07) is 2.72. The predicted octanol–water partition coefficient (Wildman–Crippen LogP) is 3.38. The summed E-state index contributed by atoms with van der Waals surface area (Å²) in [6.45, 7) is 1.76. The Balaban J connectivity index is 2.51. The van der Waals surface area contributed by atoms with Gasteiger partial charge in [-0.1, -0.05) is 26.2 Å². The predicted molar refractivity (Wildman–Crippen MR) is 69.8 cm³/mol. The number of hydrogen-bond acceptors (Lipinski definition) is 2. The standard InChI is InChI=1S/C15H19FO3/c1-2-11-12(16)8-10(9-13(11)17)15(14(18)19)6-4-3-5-7-15/h8-9,17H,2-7H2,1H3,(H,18,19). The number of carboxylic acid groups (broad SMARTS) is 1. The summed E-state index contributed by atoms with van der Waals surface area (Å²) in [5.74, 6) is -1.57. The minimum absolute atomic E-state index is 0.135. The molecule has 1 aliphatic rings. The molecule has 0 atom stereocenters. The quantitative estimate of drug-likeness (QED) is 0.881. The number of benzene rings is 1. The number of phenols is 1. The Labute approximate surface area is 112 Å². The molecule has 1 aliphatic carbocycles. The van der Waals surface area contributed by atoms with Crippen LogP contribution in [-0.2, 0) is 16.6 Å². The van der Waals surface area contributed by atoms with Gasteiger partial charge in [0.15, 0.2) is 0 Å². The molecule has 19 heavy (non-hydrogen) atoms. The Kier molecular flexibility index (Phi) is 3.78. The van der Waals surface area contributed by atoms with Crippen molar-refractivity contribution in [1.82, 2.24) is 0 Å². The molecule has 0 saturated heterocycles. The second-order valence-electron chi connectivity index (χ2n) is 5.26. The van der Waals surface area contributed by atoms with Crippen LogP contribution in [0.3, 0.4) is 0 Å². The minimum Gasteiger partial charge on any atom is -0.508 e. The molecule has 0 radical (unpaired) electrons. The molecular weight excluding hydrogens is 247 g/mol. The molecule has 4 heteroatoms. The van der Waals surface area contributed by atoms with Crippen LogP contribution in [0.2, 0.25) is 0 Å². The zero-order chi connectivity index (χ0) is 14.0. The van der Waals surface area contributed by atoms with Gasteiger partial charge in [0.25, 0.3) is 0 Å². The molecule has 0 aliphatic heterocycles. The Morgan fingerprint density at radius 1 is 1.32 bits per heavy atom. The minimum atomic E-state index is -1.04. The molecule has 0 unspecified atom stereocenters. The van der Waals surface area contributed by atoms with Gasteiger partial charge < -0.3 is 10.2 Å². The Bertz CT molecular complexity index is 467. The molecule has 104 valence electrons. The third-order valence-corrected chi connectivity index (χ3v) is 4.19. The lowest BCUT2D eigenvalue weighted by Gasteiger charge is -2.34. The second-order valence-corrected chi connectivity index (χ2v) is 5.26. The third kappa shape index (κ3) is 2.31. The Hall–Kier alpha value is -1.58. The van der Waals surface area contributed by atoms with Gasteiger partial charge in [-0.25, -0.2) is 4.39 Å². The molecule has 0 heterocycles. The first-order chi connectivity index (χ1) is 9.01. The summed E-state index contributed by atoms with van der Waals surface area (Å²) in [5.41, 5.74) is -0.393. The zero-order valence-corrected chi connectivity index (χ0v) is 11.1. The lowest BCUT2D eigenvalue weighted by atomic mass is 9.69. The second kappa shape index (κ2) is 5.19. The van der Waals surface area contributed by atoms with Crippen molar-refractivity contribution in [2.75, 3.05) is 0 Å². The van der Waals surface area contributed by atoms with Gasteiger partial charge in [-0.3, -0.25) is 4.79 Å². The molecule has 1 fully saturated rings. The average Bonchev–Trinajstić information content (AvgIpc) is 2.39. The number of carboxylic acids is 1. The SMILES string of the molecule is CCc1c(O)cc(C2(C(=O)O)CCCCC2)cc1F. The van der Waals surface area contributed by atoms with Gasteiger partial charge in [0.05, 0.1) is 5.41 Å². The maximum absolute atomic E-state index is 13.9. The fourth-order valence-corrected chi connectivity index (χ4v) is 3.03. The van der Waals surface area contributed by atoms with Crippen molar-refractivity contribution in [2.24, 2.45) is 0 Å².